The molecule has 0 fully saturated rings. The Labute approximate surface area is 151 Å². The number of nitrogens with one attached hydrogen (secondary N) is 1. The number of aryl methyl sites for hydroxylation is 1. The fraction of sp³-hybridized carbons (Fsp3) is 0.188. The lowest BCUT2D eigenvalue weighted by Gasteiger charge is -2.06. The molecule has 10 heteroatoms. The van der Waals surface area contributed by atoms with Gasteiger partial charge in [-0.05, 0) is 18.6 Å². The second-order valence-electron chi connectivity index (χ2n) is 5.48. The van der Waals surface area contributed by atoms with Gasteiger partial charge in [-0.25, -0.2) is 4.79 Å². The summed E-state index contributed by atoms with van der Waals surface area (Å²) >= 11 is 0.987. The van der Waals surface area contributed by atoms with Gasteiger partial charge in [0.15, 0.2) is 5.78 Å². The summed E-state index contributed by atoms with van der Waals surface area (Å²) in [6.45, 7) is 1.92. The molecular formula is C16H15N5O4S. The number of rotatable bonds is 5. The molecule has 26 heavy (non-hydrogen) atoms. The van der Waals surface area contributed by atoms with Crippen LogP contribution in [0.1, 0.15) is 15.9 Å². The van der Waals surface area contributed by atoms with E-state index in [4.69, 9.17) is 10.2 Å². The van der Waals surface area contributed by atoms with Crippen molar-refractivity contribution >= 4 is 23.4 Å². The Morgan fingerprint density at radius 1 is 1.31 bits per heavy atom. The summed E-state index contributed by atoms with van der Waals surface area (Å²) in [5, 5.41) is 8.06. The summed E-state index contributed by atoms with van der Waals surface area (Å²) < 4.78 is 6.56. The van der Waals surface area contributed by atoms with Crippen molar-refractivity contribution < 1.29 is 9.21 Å². The van der Waals surface area contributed by atoms with Crippen LogP contribution in [-0.2, 0) is 7.05 Å². The number of nitrogen functional groups attached to an aromatic ring is 1. The molecule has 0 aliphatic heterocycles. The van der Waals surface area contributed by atoms with Crippen molar-refractivity contribution in [3.05, 3.63) is 56.2 Å². The van der Waals surface area contributed by atoms with Gasteiger partial charge in [-0.3, -0.25) is 19.1 Å². The third kappa shape index (κ3) is 3.31. The van der Waals surface area contributed by atoms with Crippen LogP contribution in [0.5, 0.6) is 0 Å². The number of Topliss-reactive ketones (excluding diaryl/α,β-unsaturated/α-hetero) is 1. The van der Waals surface area contributed by atoms with E-state index in [0.29, 0.717) is 5.89 Å². The number of hydrogen-bond donors (Lipinski definition) is 2. The molecule has 0 saturated heterocycles. The van der Waals surface area contributed by atoms with E-state index in [0.717, 1.165) is 27.5 Å². The number of carbonyl (C=O) groups excluding carboxylic acids is 1. The quantitative estimate of drug-likeness (QED) is 0.499. The molecule has 3 aromatic rings. The smallest absolute Gasteiger partial charge is 0.329 e. The minimum absolute atomic E-state index is 0.138. The Morgan fingerprint density at radius 3 is 2.77 bits per heavy atom. The van der Waals surface area contributed by atoms with Gasteiger partial charge >= 0.3 is 5.69 Å². The number of ketones is 1. The van der Waals surface area contributed by atoms with Crippen molar-refractivity contribution in [2.45, 2.75) is 12.1 Å². The fourth-order valence-electron chi connectivity index (χ4n) is 2.30. The molecule has 9 nitrogen and oxygen atoms in total. The molecule has 0 radical (unpaired) electrons. The Morgan fingerprint density at radius 2 is 2.04 bits per heavy atom. The highest BCUT2D eigenvalue weighted by molar-refractivity contribution is 7.99. The summed E-state index contributed by atoms with van der Waals surface area (Å²) in [5.41, 5.74) is 5.73. The summed E-state index contributed by atoms with van der Waals surface area (Å²) in [6, 6.07) is 7.54. The van der Waals surface area contributed by atoms with Crippen molar-refractivity contribution in [2.75, 3.05) is 11.5 Å². The van der Waals surface area contributed by atoms with E-state index < -0.39 is 17.0 Å². The zero-order valence-electron chi connectivity index (χ0n) is 14.0. The summed E-state index contributed by atoms with van der Waals surface area (Å²) in [5.74, 6) is -0.519. The molecule has 3 N–H and O–H groups in total. The second kappa shape index (κ2) is 7.00. The Hall–Kier alpha value is -3.14. The van der Waals surface area contributed by atoms with E-state index in [-0.39, 0.29) is 22.4 Å². The van der Waals surface area contributed by atoms with E-state index in [9.17, 15) is 14.4 Å². The lowest BCUT2D eigenvalue weighted by molar-refractivity contribution is 0.102. The lowest BCUT2D eigenvalue weighted by Crippen LogP contribution is -2.35. The monoisotopic (exact) mass is 373 g/mol. The molecule has 0 aliphatic carbocycles. The Kier molecular flexibility index (Phi) is 4.76. The SMILES string of the molecule is Cc1ccccc1-c1nnc(SCC(=O)c2c(N)n(C)c(=O)[nH]c2=O)o1. The average Bonchev–Trinajstić information content (AvgIpc) is 3.07. The van der Waals surface area contributed by atoms with Crippen LogP contribution in [-0.4, -0.2) is 31.3 Å². The van der Waals surface area contributed by atoms with E-state index in [1.807, 2.05) is 36.2 Å². The highest BCUT2D eigenvalue weighted by Gasteiger charge is 2.19. The number of aromatic amines is 1. The Bertz CT molecular complexity index is 1100. The summed E-state index contributed by atoms with van der Waals surface area (Å²) in [7, 11) is 1.37. The minimum atomic E-state index is -0.817. The predicted octanol–water partition coefficient (Wildman–Crippen LogP) is 0.989. The molecule has 0 saturated carbocycles. The van der Waals surface area contributed by atoms with Crippen LogP contribution in [0.2, 0.25) is 0 Å². The predicted molar refractivity (Wildman–Crippen MR) is 96.2 cm³/mol. The maximum atomic E-state index is 12.3. The molecule has 1 aromatic carbocycles. The molecule has 2 aromatic heterocycles. The van der Waals surface area contributed by atoms with Crippen LogP contribution in [0.3, 0.4) is 0 Å². The van der Waals surface area contributed by atoms with Gasteiger partial charge in [0.05, 0.1) is 5.75 Å². The van der Waals surface area contributed by atoms with Gasteiger partial charge in [-0.1, -0.05) is 30.0 Å². The number of aromatic nitrogens is 4. The first-order valence-electron chi connectivity index (χ1n) is 7.52. The molecule has 3 rings (SSSR count). The van der Waals surface area contributed by atoms with Crippen LogP contribution in [0.4, 0.5) is 5.82 Å². The van der Waals surface area contributed by atoms with Crippen molar-refractivity contribution in [1.29, 1.82) is 0 Å². The van der Waals surface area contributed by atoms with Gasteiger partial charge < -0.3 is 10.2 Å². The number of benzene rings is 1. The number of H-pyrrole nitrogens is 1. The molecular weight excluding hydrogens is 358 g/mol. The molecule has 0 atom stereocenters. The molecule has 0 spiro atoms. The molecule has 2 heterocycles. The summed E-state index contributed by atoms with van der Waals surface area (Å²) in [6.07, 6.45) is 0. The maximum Gasteiger partial charge on any atom is 0.329 e. The number of nitrogens with zero attached hydrogens (tertiary/aromatic N) is 3. The number of hydrogen-bond acceptors (Lipinski definition) is 8. The van der Waals surface area contributed by atoms with Gasteiger partial charge in [-0.2, -0.15) is 0 Å². The van der Waals surface area contributed by atoms with Gasteiger partial charge in [0.1, 0.15) is 11.4 Å². The normalized spacial score (nSPS) is 10.8. The zero-order valence-corrected chi connectivity index (χ0v) is 14.8. The van der Waals surface area contributed by atoms with Crippen LogP contribution < -0.4 is 17.0 Å². The van der Waals surface area contributed by atoms with Crippen molar-refractivity contribution in [3.63, 3.8) is 0 Å². The van der Waals surface area contributed by atoms with Gasteiger partial charge in [0, 0.05) is 12.6 Å². The Balaban J connectivity index is 1.78. The maximum absolute atomic E-state index is 12.3. The third-order valence-electron chi connectivity index (χ3n) is 3.76. The van der Waals surface area contributed by atoms with Crippen LogP contribution in [0, 0.1) is 6.92 Å². The number of nitrogens with two attached hydrogens (primary N) is 1. The van der Waals surface area contributed by atoms with Crippen molar-refractivity contribution in [1.82, 2.24) is 19.7 Å². The van der Waals surface area contributed by atoms with E-state index in [2.05, 4.69) is 10.2 Å². The van der Waals surface area contributed by atoms with Crippen LogP contribution in [0.25, 0.3) is 11.5 Å². The van der Waals surface area contributed by atoms with Crippen LogP contribution in [0.15, 0.2) is 43.5 Å². The summed E-state index contributed by atoms with van der Waals surface area (Å²) in [4.78, 5) is 37.7. The molecule has 0 bridgehead atoms. The van der Waals surface area contributed by atoms with Gasteiger partial charge in [-0.15, -0.1) is 10.2 Å². The van der Waals surface area contributed by atoms with Gasteiger partial charge in [0.2, 0.25) is 5.89 Å². The topological polar surface area (TPSA) is 137 Å². The number of anilines is 1. The first kappa shape index (κ1) is 17.7. The molecule has 0 unspecified atom stereocenters. The lowest BCUT2D eigenvalue weighted by atomic mass is 10.1. The highest BCUT2D eigenvalue weighted by Crippen LogP contribution is 2.25. The van der Waals surface area contributed by atoms with Crippen LogP contribution >= 0.6 is 11.8 Å². The fourth-order valence-corrected chi connectivity index (χ4v) is 2.93. The first-order chi connectivity index (χ1) is 12.4. The average molecular weight is 373 g/mol. The zero-order chi connectivity index (χ0) is 18.8. The number of thioether (sulfide) groups is 1. The molecule has 0 aliphatic rings. The van der Waals surface area contributed by atoms with Crippen molar-refractivity contribution in [2.24, 2.45) is 7.05 Å². The highest BCUT2D eigenvalue weighted by atomic mass is 32.2. The third-order valence-corrected chi connectivity index (χ3v) is 4.58. The molecule has 134 valence electrons. The molecule has 0 amide bonds. The van der Waals surface area contributed by atoms with Crippen molar-refractivity contribution in [3.8, 4) is 11.5 Å². The first-order valence-corrected chi connectivity index (χ1v) is 8.51. The van der Waals surface area contributed by atoms with Gasteiger partial charge in [0.25, 0.3) is 10.8 Å². The van der Waals surface area contributed by atoms with E-state index in [1.54, 1.807) is 0 Å². The minimum Gasteiger partial charge on any atom is -0.411 e. The second-order valence-corrected chi connectivity index (χ2v) is 6.41. The van der Waals surface area contributed by atoms with E-state index >= 15 is 0 Å². The number of carbonyl (C=O) groups is 1. The standard InChI is InChI=1S/C16H15N5O4S/c1-8-5-3-4-6-9(8)14-19-20-16(25-14)26-7-10(22)11-12(17)21(2)15(24)18-13(11)23/h3-6H,7,17H2,1-2H3,(H,18,23,24). The van der Waals surface area contributed by atoms with E-state index in [1.165, 1.54) is 7.05 Å². The largest absolute Gasteiger partial charge is 0.411 e.